The lowest BCUT2D eigenvalue weighted by atomic mass is 10.1. The van der Waals surface area contributed by atoms with Crippen molar-refractivity contribution in [3.63, 3.8) is 0 Å². The first-order chi connectivity index (χ1) is 18.8. The molecule has 40 heavy (non-hydrogen) atoms. The molecule has 214 valence electrons. The lowest BCUT2D eigenvalue weighted by molar-refractivity contribution is -0.139. The molecule has 0 saturated carbocycles. The van der Waals surface area contributed by atoms with Crippen LogP contribution in [0.2, 0.25) is 10.0 Å². The average molecular weight is 605 g/mol. The zero-order valence-electron chi connectivity index (χ0n) is 23.3. The van der Waals surface area contributed by atoms with E-state index in [1.807, 2.05) is 52.0 Å². The molecule has 10 heteroatoms. The fraction of sp³-hybridized carbons (Fsp3) is 0.333. The van der Waals surface area contributed by atoms with E-state index in [1.165, 1.54) is 35.2 Å². The first-order valence-corrected chi connectivity index (χ1v) is 15.2. The lowest BCUT2D eigenvalue weighted by Crippen LogP contribution is -2.52. The van der Waals surface area contributed by atoms with Gasteiger partial charge in [0.2, 0.25) is 11.8 Å². The van der Waals surface area contributed by atoms with Gasteiger partial charge in [0.15, 0.2) is 0 Å². The van der Waals surface area contributed by atoms with Crippen LogP contribution in [0.15, 0.2) is 71.6 Å². The van der Waals surface area contributed by atoms with Crippen molar-refractivity contribution in [1.82, 2.24) is 10.2 Å². The molecule has 0 heterocycles. The maximum atomic E-state index is 14.0. The van der Waals surface area contributed by atoms with Gasteiger partial charge in [-0.15, -0.1) is 0 Å². The summed E-state index contributed by atoms with van der Waals surface area (Å²) in [7, 11) is -4.20. The first-order valence-electron chi connectivity index (χ1n) is 13.0. The minimum atomic E-state index is -4.20. The molecular weight excluding hydrogens is 569 g/mol. The fourth-order valence-corrected chi connectivity index (χ4v) is 5.72. The Morgan fingerprint density at radius 2 is 1.57 bits per heavy atom. The minimum absolute atomic E-state index is 0.0185. The predicted molar refractivity (Wildman–Crippen MR) is 161 cm³/mol. The smallest absolute Gasteiger partial charge is 0.264 e. The van der Waals surface area contributed by atoms with Crippen LogP contribution in [0, 0.1) is 13.8 Å². The molecule has 0 bridgehead atoms. The number of aryl methyl sites for hydroxylation is 2. The molecule has 0 radical (unpaired) electrons. The number of sulfonamides is 1. The average Bonchev–Trinajstić information content (AvgIpc) is 2.92. The Balaban J connectivity index is 2.06. The van der Waals surface area contributed by atoms with Crippen LogP contribution >= 0.6 is 23.2 Å². The number of nitrogens with one attached hydrogen (secondary N) is 1. The van der Waals surface area contributed by atoms with Crippen LogP contribution in [0.3, 0.4) is 0 Å². The monoisotopic (exact) mass is 603 g/mol. The van der Waals surface area contributed by atoms with Gasteiger partial charge in [-0.25, -0.2) is 8.42 Å². The Bertz CT molecular complexity index is 1460. The van der Waals surface area contributed by atoms with Gasteiger partial charge in [0.25, 0.3) is 10.0 Å². The van der Waals surface area contributed by atoms with Gasteiger partial charge >= 0.3 is 0 Å². The highest BCUT2D eigenvalue weighted by molar-refractivity contribution is 7.92. The molecule has 3 aromatic rings. The topological polar surface area (TPSA) is 86.8 Å². The summed E-state index contributed by atoms with van der Waals surface area (Å²) in [6, 6.07) is 17.4. The molecule has 0 aromatic heterocycles. The van der Waals surface area contributed by atoms with Crippen molar-refractivity contribution in [2.75, 3.05) is 10.8 Å². The summed E-state index contributed by atoms with van der Waals surface area (Å²) in [6.45, 7) is 8.83. The van der Waals surface area contributed by atoms with E-state index in [0.29, 0.717) is 0 Å². The zero-order chi connectivity index (χ0) is 29.6. The van der Waals surface area contributed by atoms with E-state index in [1.54, 1.807) is 19.1 Å². The number of hydrogen-bond acceptors (Lipinski definition) is 4. The molecule has 7 nitrogen and oxygen atoms in total. The van der Waals surface area contributed by atoms with Crippen molar-refractivity contribution < 1.29 is 18.0 Å². The number of rotatable bonds is 11. The third-order valence-electron chi connectivity index (χ3n) is 6.85. The molecule has 0 unspecified atom stereocenters. The van der Waals surface area contributed by atoms with Gasteiger partial charge in [0.05, 0.1) is 20.6 Å². The molecule has 0 aliphatic heterocycles. The Morgan fingerprint density at radius 1 is 0.925 bits per heavy atom. The summed E-state index contributed by atoms with van der Waals surface area (Å²) in [4.78, 5) is 28.6. The second-order valence-corrected chi connectivity index (χ2v) is 12.5. The molecule has 1 N–H and O–H groups in total. The van der Waals surface area contributed by atoms with Gasteiger partial charge in [-0.1, -0.05) is 72.1 Å². The van der Waals surface area contributed by atoms with Gasteiger partial charge in [0, 0.05) is 12.6 Å². The molecule has 2 atom stereocenters. The van der Waals surface area contributed by atoms with E-state index in [2.05, 4.69) is 5.32 Å². The number of carbonyl (C=O) groups excluding carboxylic acids is 2. The maximum absolute atomic E-state index is 14.0. The molecule has 3 aromatic carbocycles. The fourth-order valence-electron chi connectivity index (χ4n) is 4.03. The van der Waals surface area contributed by atoms with Crippen LogP contribution in [-0.2, 0) is 26.2 Å². The van der Waals surface area contributed by atoms with E-state index in [-0.39, 0.29) is 39.1 Å². The van der Waals surface area contributed by atoms with Crippen molar-refractivity contribution in [2.45, 2.75) is 64.6 Å². The molecule has 0 aliphatic rings. The third kappa shape index (κ3) is 7.56. The van der Waals surface area contributed by atoms with Crippen LogP contribution in [0.4, 0.5) is 5.69 Å². The van der Waals surface area contributed by atoms with Gasteiger partial charge in [-0.05, 0) is 75.6 Å². The predicted octanol–water partition coefficient (Wildman–Crippen LogP) is 6.14. The Morgan fingerprint density at radius 3 is 2.17 bits per heavy atom. The summed E-state index contributed by atoms with van der Waals surface area (Å²) in [5, 5.41) is 3.33. The number of carbonyl (C=O) groups is 2. The summed E-state index contributed by atoms with van der Waals surface area (Å²) < 4.78 is 28.8. The summed E-state index contributed by atoms with van der Waals surface area (Å²) in [6.07, 6.45) is 0.726. The number of benzene rings is 3. The molecule has 3 rings (SSSR count). The van der Waals surface area contributed by atoms with E-state index >= 15 is 0 Å². The van der Waals surface area contributed by atoms with Crippen LogP contribution in [0.25, 0.3) is 0 Å². The summed E-state index contributed by atoms with van der Waals surface area (Å²) in [5.41, 5.74) is 2.86. The van der Waals surface area contributed by atoms with Crippen molar-refractivity contribution in [1.29, 1.82) is 0 Å². The highest BCUT2D eigenvalue weighted by Gasteiger charge is 2.33. The number of hydrogen-bond donors (Lipinski definition) is 1. The van der Waals surface area contributed by atoms with Crippen LogP contribution in [0.1, 0.15) is 43.9 Å². The van der Waals surface area contributed by atoms with Crippen LogP contribution in [0.5, 0.6) is 0 Å². The van der Waals surface area contributed by atoms with Crippen molar-refractivity contribution >= 4 is 50.7 Å². The maximum Gasteiger partial charge on any atom is 0.264 e. The number of nitrogens with zero attached hydrogens (tertiary/aromatic N) is 2. The Kier molecular flexibility index (Phi) is 10.6. The van der Waals surface area contributed by atoms with Gasteiger partial charge in [-0.2, -0.15) is 0 Å². The molecular formula is C30H35Cl2N3O4S. The normalized spacial score (nSPS) is 12.9. The van der Waals surface area contributed by atoms with Gasteiger partial charge in [-0.3, -0.25) is 13.9 Å². The van der Waals surface area contributed by atoms with E-state index < -0.39 is 28.5 Å². The second kappa shape index (κ2) is 13.5. The van der Waals surface area contributed by atoms with Crippen molar-refractivity contribution in [3.05, 3.63) is 93.5 Å². The minimum Gasteiger partial charge on any atom is -0.352 e. The van der Waals surface area contributed by atoms with E-state index in [0.717, 1.165) is 27.4 Å². The number of amides is 2. The molecule has 0 saturated heterocycles. The molecule has 2 amide bonds. The Hall–Kier alpha value is -3.07. The number of anilines is 1. The largest absolute Gasteiger partial charge is 0.352 e. The standard InChI is InChI=1S/C30H35Cl2N3O4S/c1-6-22(4)33-30(37)23(5)34(18-24-10-8-7-9-21(24)3)29(36)19-35(25-13-16-27(31)28(32)17-25)40(38,39)26-14-11-20(2)12-15-26/h7-17,22-23H,6,18-19H2,1-5H3,(H,33,37)/t22-,23-/m0/s1. The first kappa shape index (κ1) is 31.5. The van der Waals surface area contributed by atoms with Crippen molar-refractivity contribution in [2.24, 2.45) is 0 Å². The van der Waals surface area contributed by atoms with E-state index in [4.69, 9.17) is 23.2 Å². The molecule has 0 fully saturated rings. The second-order valence-electron chi connectivity index (χ2n) is 9.87. The van der Waals surface area contributed by atoms with Crippen LogP contribution < -0.4 is 9.62 Å². The lowest BCUT2D eigenvalue weighted by Gasteiger charge is -2.33. The molecule has 0 aliphatic carbocycles. The molecule has 0 spiro atoms. The van der Waals surface area contributed by atoms with Gasteiger partial charge < -0.3 is 10.2 Å². The van der Waals surface area contributed by atoms with Crippen molar-refractivity contribution in [3.8, 4) is 0 Å². The zero-order valence-corrected chi connectivity index (χ0v) is 25.6. The quantitative estimate of drug-likeness (QED) is 0.285. The number of halogens is 2. The highest BCUT2D eigenvalue weighted by Crippen LogP contribution is 2.31. The van der Waals surface area contributed by atoms with Gasteiger partial charge in [0.1, 0.15) is 12.6 Å². The highest BCUT2D eigenvalue weighted by atomic mass is 35.5. The summed E-state index contributed by atoms with van der Waals surface area (Å²) >= 11 is 12.4. The van der Waals surface area contributed by atoms with E-state index in [9.17, 15) is 18.0 Å². The van der Waals surface area contributed by atoms with Crippen LogP contribution in [-0.4, -0.2) is 43.8 Å². The summed E-state index contributed by atoms with van der Waals surface area (Å²) in [5.74, 6) is -0.865. The third-order valence-corrected chi connectivity index (χ3v) is 9.38. The SMILES string of the molecule is CC[C@H](C)NC(=O)[C@H](C)N(Cc1ccccc1C)C(=O)CN(c1ccc(Cl)c(Cl)c1)S(=O)(=O)c1ccc(C)cc1. The Labute approximate surface area is 247 Å².